The van der Waals surface area contributed by atoms with Crippen LogP contribution in [0.4, 0.5) is 4.39 Å². The van der Waals surface area contributed by atoms with E-state index in [0.29, 0.717) is 4.57 Å². The van der Waals surface area contributed by atoms with Crippen molar-refractivity contribution in [3.63, 3.8) is 0 Å². The topological polar surface area (TPSA) is 90.0 Å². The summed E-state index contributed by atoms with van der Waals surface area (Å²) < 4.78 is 14.9. The van der Waals surface area contributed by atoms with Crippen LogP contribution in [-0.4, -0.2) is 30.4 Å². The molecule has 0 radical (unpaired) electrons. The quantitative estimate of drug-likeness (QED) is 0.758. The van der Waals surface area contributed by atoms with Crippen molar-refractivity contribution in [2.24, 2.45) is 7.05 Å². The minimum absolute atomic E-state index is 0.0777. The van der Waals surface area contributed by atoms with E-state index in [1.54, 1.807) is 7.05 Å². The Balaban J connectivity index is 2.71. The molecule has 2 heterocycles. The van der Waals surface area contributed by atoms with Crippen LogP contribution in [0.2, 0.25) is 0 Å². The number of aliphatic carboxylic acids is 1. The Morgan fingerprint density at radius 3 is 2.94 bits per heavy atom. The first-order chi connectivity index (χ1) is 7.52. The molecule has 0 saturated heterocycles. The Labute approximate surface area is 87.7 Å². The van der Waals surface area contributed by atoms with Gasteiger partial charge in [0.2, 0.25) is 0 Å². The number of aromatic nitrogens is 4. The Morgan fingerprint density at radius 2 is 2.31 bits per heavy atom. The van der Waals surface area contributed by atoms with E-state index in [2.05, 4.69) is 10.1 Å². The molecule has 0 bridgehead atoms. The van der Waals surface area contributed by atoms with Crippen molar-refractivity contribution in [2.45, 2.75) is 6.30 Å². The van der Waals surface area contributed by atoms with E-state index >= 15 is 0 Å². The third-order valence-electron chi connectivity index (χ3n) is 2.12. The number of halogens is 1. The first-order valence-corrected chi connectivity index (χ1v) is 4.28. The molecular weight excluding hydrogens is 219 g/mol. The molecule has 84 valence electrons. The van der Waals surface area contributed by atoms with Crippen LogP contribution in [0.1, 0.15) is 6.30 Å². The summed E-state index contributed by atoms with van der Waals surface area (Å²) in [5.74, 6) is -1.74. The second-order valence-corrected chi connectivity index (χ2v) is 3.14. The van der Waals surface area contributed by atoms with Crippen LogP contribution in [0, 0.1) is 0 Å². The van der Waals surface area contributed by atoms with Crippen molar-refractivity contribution in [3.8, 4) is 0 Å². The molecule has 0 aliphatic carbocycles. The van der Waals surface area contributed by atoms with Crippen LogP contribution < -0.4 is 5.56 Å². The Morgan fingerprint density at radius 1 is 1.62 bits per heavy atom. The van der Waals surface area contributed by atoms with E-state index < -0.39 is 17.8 Å². The molecule has 2 aromatic heterocycles. The van der Waals surface area contributed by atoms with Gasteiger partial charge in [-0.3, -0.25) is 14.0 Å². The molecular formula is C8H7FN4O3. The van der Waals surface area contributed by atoms with Gasteiger partial charge in [0.15, 0.2) is 5.65 Å². The van der Waals surface area contributed by atoms with E-state index in [1.807, 2.05) is 0 Å². The predicted octanol–water partition coefficient (Wildman–Crippen LogP) is -0.317. The maximum Gasteiger partial charge on any atom is 0.360 e. The fraction of sp³-hybridized carbons (Fsp3) is 0.250. The summed E-state index contributed by atoms with van der Waals surface area (Å²) in [7, 11) is 1.57. The van der Waals surface area contributed by atoms with Crippen LogP contribution in [0.5, 0.6) is 0 Å². The smallest absolute Gasteiger partial charge is 0.360 e. The second kappa shape index (κ2) is 3.40. The highest BCUT2D eigenvalue weighted by molar-refractivity contribution is 5.74. The van der Waals surface area contributed by atoms with Crippen LogP contribution in [0.15, 0.2) is 17.3 Å². The maximum atomic E-state index is 13.1. The number of fused-ring (bicyclic) bond motifs is 1. The van der Waals surface area contributed by atoms with Crippen LogP contribution in [-0.2, 0) is 11.8 Å². The highest BCUT2D eigenvalue weighted by Crippen LogP contribution is 2.08. The number of alkyl halides is 1. The molecule has 0 aromatic carbocycles. The van der Waals surface area contributed by atoms with Gasteiger partial charge < -0.3 is 5.11 Å². The standard InChI is InChI=1S/C8H7FN4O3/c1-12-6-4(2-11-12)7(14)13(3-10-6)5(9)8(15)16/h2-3,5H,1H3,(H,15,16). The molecule has 0 amide bonds. The summed E-state index contributed by atoms with van der Waals surface area (Å²) in [5, 5.41) is 12.3. The normalized spacial score (nSPS) is 12.9. The van der Waals surface area contributed by atoms with Crippen molar-refractivity contribution in [1.82, 2.24) is 19.3 Å². The number of nitrogens with zero attached hydrogens (tertiary/aromatic N) is 4. The lowest BCUT2D eigenvalue weighted by atomic mass is 10.4. The number of hydrogen-bond acceptors (Lipinski definition) is 4. The lowest BCUT2D eigenvalue weighted by Crippen LogP contribution is -2.27. The van der Waals surface area contributed by atoms with Gasteiger partial charge in [-0.25, -0.2) is 14.2 Å². The minimum Gasteiger partial charge on any atom is -0.478 e. The molecule has 2 aromatic rings. The largest absolute Gasteiger partial charge is 0.478 e. The molecule has 2 rings (SSSR count). The van der Waals surface area contributed by atoms with Crippen molar-refractivity contribution in [1.29, 1.82) is 0 Å². The van der Waals surface area contributed by atoms with Gasteiger partial charge in [-0.05, 0) is 0 Å². The lowest BCUT2D eigenvalue weighted by molar-refractivity contribution is -0.146. The zero-order valence-electron chi connectivity index (χ0n) is 8.16. The van der Waals surface area contributed by atoms with Crippen molar-refractivity contribution >= 4 is 17.0 Å². The van der Waals surface area contributed by atoms with Gasteiger partial charge in [-0.2, -0.15) is 5.10 Å². The Hall–Kier alpha value is -2.25. The van der Waals surface area contributed by atoms with E-state index in [-0.39, 0.29) is 11.0 Å². The molecule has 7 nitrogen and oxygen atoms in total. The van der Waals surface area contributed by atoms with Gasteiger partial charge in [-0.1, -0.05) is 0 Å². The fourth-order valence-corrected chi connectivity index (χ4v) is 1.32. The van der Waals surface area contributed by atoms with Gasteiger partial charge in [0.1, 0.15) is 11.7 Å². The SMILES string of the molecule is Cn1ncc2c(=O)n(C(F)C(=O)O)cnc21. The summed E-state index contributed by atoms with van der Waals surface area (Å²) in [4.78, 5) is 25.8. The summed E-state index contributed by atoms with van der Waals surface area (Å²) in [5.41, 5.74) is -0.494. The highest BCUT2D eigenvalue weighted by Gasteiger charge is 2.21. The van der Waals surface area contributed by atoms with E-state index in [0.717, 1.165) is 6.33 Å². The molecule has 0 saturated carbocycles. The Bertz CT molecular complexity index is 617. The predicted molar refractivity (Wildman–Crippen MR) is 50.5 cm³/mol. The number of hydrogen-bond donors (Lipinski definition) is 1. The van der Waals surface area contributed by atoms with Crippen LogP contribution in [0.3, 0.4) is 0 Å². The summed E-state index contributed by atoms with van der Waals surface area (Å²) in [6.07, 6.45) is -0.370. The van der Waals surface area contributed by atoms with Gasteiger partial charge in [0.05, 0.1) is 6.20 Å². The molecule has 0 aliphatic heterocycles. The first kappa shape index (κ1) is 10.3. The maximum absolute atomic E-state index is 13.1. The molecule has 0 fully saturated rings. The Kier molecular flexibility index (Phi) is 2.18. The highest BCUT2D eigenvalue weighted by atomic mass is 19.1. The number of aryl methyl sites for hydroxylation is 1. The van der Waals surface area contributed by atoms with Crippen LogP contribution in [0.25, 0.3) is 11.0 Å². The summed E-state index contributed by atoms with van der Waals surface area (Å²) in [6.45, 7) is 0. The fourth-order valence-electron chi connectivity index (χ4n) is 1.32. The van der Waals surface area contributed by atoms with E-state index in [1.165, 1.54) is 10.9 Å². The molecule has 8 heteroatoms. The van der Waals surface area contributed by atoms with Crippen LogP contribution >= 0.6 is 0 Å². The van der Waals surface area contributed by atoms with Crippen molar-refractivity contribution in [3.05, 3.63) is 22.9 Å². The molecule has 16 heavy (non-hydrogen) atoms. The average molecular weight is 226 g/mol. The zero-order chi connectivity index (χ0) is 11.9. The van der Waals surface area contributed by atoms with Crippen molar-refractivity contribution < 1.29 is 14.3 Å². The van der Waals surface area contributed by atoms with E-state index in [4.69, 9.17) is 5.11 Å². The second-order valence-electron chi connectivity index (χ2n) is 3.14. The summed E-state index contributed by atoms with van der Waals surface area (Å²) >= 11 is 0. The third-order valence-corrected chi connectivity index (χ3v) is 2.12. The molecule has 0 aliphatic rings. The lowest BCUT2D eigenvalue weighted by Gasteiger charge is -2.05. The number of carbonyl (C=O) groups is 1. The van der Waals surface area contributed by atoms with Crippen molar-refractivity contribution in [2.75, 3.05) is 0 Å². The average Bonchev–Trinajstić information content (AvgIpc) is 2.61. The van der Waals surface area contributed by atoms with Gasteiger partial charge in [-0.15, -0.1) is 0 Å². The molecule has 1 N–H and O–H groups in total. The molecule has 1 unspecified atom stereocenters. The number of rotatable bonds is 2. The minimum atomic E-state index is -2.44. The monoisotopic (exact) mass is 226 g/mol. The van der Waals surface area contributed by atoms with Gasteiger partial charge in [0, 0.05) is 7.05 Å². The number of carboxylic acid groups (broad SMARTS) is 1. The summed E-state index contributed by atoms with van der Waals surface area (Å²) in [6, 6.07) is 0. The molecule has 1 atom stereocenters. The zero-order valence-corrected chi connectivity index (χ0v) is 8.16. The third kappa shape index (κ3) is 1.35. The first-order valence-electron chi connectivity index (χ1n) is 4.28. The van der Waals surface area contributed by atoms with Gasteiger partial charge in [0.25, 0.3) is 11.9 Å². The molecule has 0 spiro atoms. The van der Waals surface area contributed by atoms with Gasteiger partial charge >= 0.3 is 5.97 Å². The number of carboxylic acids is 1. The van der Waals surface area contributed by atoms with E-state index in [9.17, 15) is 14.0 Å².